The molecule has 0 aliphatic rings. The Labute approximate surface area is 99.5 Å². The van der Waals surface area contributed by atoms with Gasteiger partial charge in [0.15, 0.2) is 5.82 Å². The van der Waals surface area contributed by atoms with Crippen LogP contribution >= 0.6 is 0 Å². The first-order chi connectivity index (χ1) is 8.52. The average Bonchev–Trinajstić information content (AvgIpc) is 2.77. The molecule has 8 heteroatoms. The number of nitriles is 1. The smallest absolute Gasteiger partial charge is 0.211 e. The maximum absolute atomic E-state index is 12.4. The van der Waals surface area contributed by atoms with Gasteiger partial charge in [-0.05, 0) is 22.6 Å². The highest BCUT2D eigenvalue weighted by molar-refractivity contribution is 5.55. The molecule has 0 aliphatic heterocycles. The molecule has 0 fully saturated rings. The van der Waals surface area contributed by atoms with E-state index in [2.05, 4.69) is 15.5 Å². The van der Waals surface area contributed by atoms with Crippen LogP contribution in [-0.4, -0.2) is 20.2 Å². The van der Waals surface area contributed by atoms with Gasteiger partial charge in [-0.1, -0.05) is 12.1 Å². The van der Waals surface area contributed by atoms with Crippen molar-refractivity contribution in [1.82, 2.24) is 20.2 Å². The summed E-state index contributed by atoms with van der Waals surface area (Å²) in [7, 11) is 0. The van der Waals surface area contributed by atoms with Gasteiger partial charge in [-0.3, -0.25) is 0 Å². The van der Waals surface area contributed by atoms with E-state index < -0.39 is 11.7 Å². The standard InChI is InChI=1S/C10H6F3N5/c11-10(12,13)8-3-1-7(2-4-8)9-15-16-17-18(9)6-5-14/h1-4H,6H2. The summed E-state index contributed by atoms with van der Waals surface area (Å²) in [6.07, 6.45) is -4.38. The Hall–Kier alpha value is -2.43. The molecule has 0 saturated carbocycles. The van der Waals surface area contributed by atoms with Gasteiger partial charge >= 0.3 is 6.18 Å². The summed E-state index contributed by atoms with van der Waals surface area (Å²) >= 11 is 0. The van der Waals surface area contributed by atoms with E-state index in [1.54, 1.807) is 0 Å². The van der Waals surface area contributed by atoms with Crippen LogP contribution in [0.2, 0.25) is 0 Å². The van der Waals surface area contributed by atoms with Gasteiger partial charge in [0.2, 0.25) is 0 Å². The highest BCUT2D eigenvalue weighted by Gasteiger charge is 2.30. The zero-order valence-electron chi connectivity index (χ0n) is 8.89. The van der Waals surface area contributed by atoms with Crippen molar-refractivity contribution in [3.05, 3.63) is 29.8 Å². The molecule has 1 aromatic heterocycles. The molecule has 18 heavy (non-hydrogen) atoms. The quantitative estimate of drug-likeness (QED) is 0.819. The summed E-state index contributed by atoms with van der Waals surface area (Å²) in [6, 6.07) is 6.28. The van der Waals surface area contributed by atoms with Crippen LogP contribution in [0.4, 0.5) is 13.2 Å². The predicted octanol–water partition coefficient (Wildman–Crippen LogP) is 1.88. The number of alkyl halides is 3. The van der Waals surface area contributed by atoms with Crippen molar-refractivity contribution in [1.29, 1.82) is 5.26 Å². The number of halogens is 3. The first kappa shape index (κ1) is 12.0. The van der Waals surface area contributed by atoms with Crippen LogP contribution in [-0.2, 0) is 12.7 Å². The fourth-order valence-electron chi connectivity index (χ4n) is 1.39. The van der Waals surface area contributed by atoms with E-state index in [1.807, 2.05) is 6.07 Å². The maximum Gasteiger partial charge on any atom is 0.416 e. The van der Waals surface area contributed by atoms with Crippen molar-refractivity contribution >= 4 is 0 Å². The summed E-state index contributed by atoms with van der Waals surface area (Å²) in [5.41, 5.74) is -0.325. The molecule has 92 valence electrons. The normalized spacial score (nSPS) is 11.2. The van der Waals surface area contributed by atoms with Gasteiger partial charge in [0.1, 0.15) is 6.54 Å². The Balaban J connectivity index is 2.35. The fourth-order valence-corrected chi connectivity index (χ4v) is 1.39. The lowest BCUT2D eigenvalue weighted by Gasteiger charge is -2.06. The third kappa shape index (κ3) is 2.29. The summed E-state index contributed by atoms with van der Waals surface area (Å²) in [5.74, 6) is 0.255. The predicted molar refractivity (Wildman–Crippen MR) is 53.9 cm³/mol. The molecular weight excluding hydrogens is 247 g/mol. The third-order valence-corrected chi connectivity index (χ3v) is 2.22. The lowest BCUT2D eigenvalue weighted by Crippen LogP contribution is -2.05. The molecule has 0 unspecified atom stereocenters. The minimum atomic E-state index is -4.38. The number of hydrogen-bond acceptors (Lipinski definition) is 4. The molecule has 0 N–H and O–H groups in total. The topological polar surface area (TPSA) is 67.4 Å². The fraction of sp³-hybridized carbons (Fsp3) is 0.200. The SMILES string of the molecule is N#CCn1nnnc1-c1ccc(C(F)(F)F)cc1. The van der Waals surface area contributed by atoms with Crippen molar-refractivity contribution in [2.75, 3.05) is 0 Å². The Morgan fingerprint density at radius 3 is 2.44 bits per heavy atom. The third-order valence-electron chi connectivity index (χ3n) is 2.22. The van der Waals surface area contributed by atoms with Gasteiger partial charge in [0.05, 0.1) is 11.6 Å². The second-order valence-electron chi connectivity index (χ2n) is 3.39. The molecule has 1 aromatic carbocycles. The molecule has 1 heterocycles. The van der Waals surface area contributed by atoms with Crippen LogP contribution in [0.15, 0.2) is 24.3 Å². The number of tetrazole rings is 1. The molecule has 0 radical (unpaired) electrons. The van der Waals surface area contributed by atoms with Gasteiger partial charge in [0.25, 0.3) is 0 Å². The van der Waals surface area contributed by atoms with E-state index in [4.69, 9.17) is 5.26 Å². The highest BCUT2D eigenvalue weighted by atomic mass is 19.4. The van der Waals surface area contributed by atoms with E-state index in [0.29, 0.717) is 5.56 Å². The van der Waals surface area contributed by atoms with Crippen molar-refractivity contribution in [2.24, 2.45) is 0 Å². The monoisotopic (exact) mass is 253 g/mol. The van der Waals surface area contributed by atoms with Crippen LogP contribution in [0, 0.1) is 11.3 Å². The van der Waals surface area contributed by atoms with Gasteiger partial charge in [0, 0.05) is 5.56 Å². The molecule has 0 bridgehead atoms. The second kappa shape index (κ2) is 4.44. The Bertz CT molecular complexity index is 579. The van der Waals surface area contributed by atoms with Gasteiger partial charge in [-0.15, -0.1) is 5.10 Å². The summed E-state index contributed by atoms with van der Waals surface area (Å²) in [6.45, 7) is -0.0661. The van der Waals surface area contributed by atoms with Crippen LogP contribution in [0.25, 0.3) is 11.4 Å². The van der Waals surface area contributed by atoms with Crippen molar-refractivity contribution < 1.29 is 13.2 Å². The number of hydrogen-bond donors (Lipinski definition) is 0. The van der Waals surface area contributed by atoms with E-state index in [-0.39, 0.29) is 12.4 Å². The van der Waals surface area contributed by atoms with E-state index in [0.717, 1.165) is 12.1 Å². The van der Waals surface area contributed by atoms with Crippen molar-refractivity contribution in [3.63, 3.8) is 0 Å². The Kier molecular flexibility index (Phi) is 2.97. The van der Waals surface area contributed by atoms with Crippen molar-refractivity contribution in [2.45, 2.75) is 12.7 Å². The number of rotatable bonds is 2. The van der Waals surface area contributed by atoms with Gasteiger partial charge in [-0.2, -0.15) is 18.4 Å². The van der Waals surface area contributed by atoms with Crippen LogP contribution in [0.5, 0.6) is 0 Å². The molecule has 0 amide bonds. The van der Waals surface area contributed by atoms with E-state index in [9.17, 15) is 13.2 Å². The summed E-state index contributed by atoms with van der Waals surface area (Å²) in [5, 5.41) is 19.2. The molecule has 2 rings (SSSR count). The maximum atomic E-state index is 12.4. The van der Waals surface area contributed by atoms with Crippen LogP contribution in [0.1, 0.15) is 5.56 Å². The molecule has 0 spiro atoms. The molecular formula is C10H6F3N5. The first-order valence-electron chi connectivity index (χ1n) is 4.83. The summed E-state index contributed by atoms with van der Waals surface area (Å²) < 4.78 is 38.3. The number of benzene rings is 1. The Morgan fingerprint density at radius 2 is 1.89 bits per heavy atom. The van der Waals surface area contributed by atoms with Crippen LogP contribution < -0.4 is 0 Å². The first-order valence-corrected chi connectivity index (χ1v) is 4.83. The summed E-state index contributed by atoms with van der Waals surface area (Å²) in [4.78, 5) is 0. The molecule has 0 atom stereocenters. The van der Waals surface area contributed by atoms with E-state index in [1.165, 1.54) is 16.8 Å². The van der Waals surface area contributed by atoms with E-state index >= 15 is 0 Å². The van der Waals surface area contributed by atoms with Crippen LogP contribution in [0.3, 0.4) is 0 Å². The molecule has 5 nitrogen and oxygen atoms in total. The lowest BCUT2D eigenvalue weighted by atomic mass is 10.1. The average molecular weight is 253 g/mol. The largest absolute Gasteiger partial charge is 0.416 e. The number of aromatic nitrogens is 4. The minimum absolute atomic E-state index is 0.0661. The van der Waals surface area contributed by atoms with Crippen molar-refractivity contribution in [3.8, 4) is 17.5 Å². The van der Waals surface area contributed by atoms with Gasteiger partial charge < -0.3 is 0 Å². The minimum Gasteiger partial charge on any atom is -0.211 e. The molecule has 0 saturated heterocycles. The highest BCUT2D eigenvalue weighted by Crippen LogP contribution is 2.30. The lowest BCUT2D eigenvalue weighted by molar-refractivity contribution is -0.137. The van der Waals surface area contributed by atoms with Gasteiger partial charge in [-0.25, -0.2) is 4.68 Å². The molecule has 2 aromatic rings. The number of nitrogens with zero attached hydrogens (tertiary/aromatic N) is 5. The zero-order chi connectivity index (χ0) is 13.2. The second-order valence-corrected chi connectivity index (χ2v) is 3.39. The Morgan fingerprint density at radius 1 is 1.22 bits per heavy atom. The molecule has 0 aliphatic carbocycles. The zero-order valence-corrected chi connectivity index (χ0v) is 8.89.